The topological polar surface area (TPSA) is 68.0 Å². The maximum absolute atomic E-state index is 13.1. The van der Waals surface area contributed by atoms with Crippen LogP contribution >= 0.6 is 15.9 Å². The number of halogens is 1. The third kappa shape index (κ3) is 4.02. The summed E-state index contributed by atoms with van der Waals surface area (Å²) in [7, 11) is 0. The number of amides is 1. The number of hydrogen-bond acceptors (Lipinski definition) is 4. The highest BCUT2D eigenvalue weighted by atomic mass is 79.9. The van der Waals surface area contributed by atoms with E-state index in [0.717, 1.165) is 21.2 Å². The number of hydrogen-bond donors (Lipinski definition) is 1. The molecular formula is C22H16BrN3O2. The molecule has 138 valence electrons. The number of anilines is 1. The fourth-order valence-electron chi connectivity index (χ4n) is 2.95. The summed E-state index contributed by atoms with van der Waals surface area (Å²) in [6, 6.07) is 26.8. The SMILES string of the molecule is O=C(Nc1nnc(-c2ccc(Br)cc2)o1)C(c1ccccc1)c1ccccc1. The minimum Gasteiger partial charge on any atom is -0.403 e. The van der Waals surface area contributed by atoms with Gasteiger partial charge in [0.1, 0.15) is 0 Å². The Morgan fingerprint density at radius 1 is 0.821 bits per heavy atom. The van der Waals surface area contributed by atoms with Crippen molar-refractivity contribution >= 4 is 27.9 Å². The Morgan fingerprint density at radius 3 is 1.96 bits per heavy atom. The van der Waals surface area contributed by atoms with Gasteiger partial charge in [-0.15, -0.1) is 5.10 Å². The summed E-state index contributed by atoms with van der Waals surface area (Å²) >= 11 is 3.39. The van der Waals surface area contributed by atoms with Crippen LogP contribution in [0.25, 0.3) is 11.5 Å². The lowest BCUT2D eigenvalue weighted by molar-refractivity contribution is -0.116. The third-order valence-electron chi connectivity index (χ3n) is 4.27. The third-order valence-corrected chi connectivity index (χ3v) is 4.80. The number of aromatic nitrogens is 2. The van der Waals surface area contributed by atoms with Crippen molar-refractivity contribution in [2.24, 2.45) is 0 Å². The van der Waals surface area contributed by atoms with E-state index in [-0.39, 0.29) is 11.9 Å². The van der Waals surface area contributed by atoms with Gasteiger partial charge in [-0.2, -0.15) is 0 Å². The zero-order valence-electron chi connectivity index (χ0n) is 14.7. The first kappa shape index (κ1) is 18.1. The van der Waals surface area contributed by atoms with E-state index < -0.39 is 5.92 Å². The number of nitrogens with zero attached hydrogens (tertiary/aromatic N) is 2. The highest BCUT2D eigenvalue weighted by Gasteiger charge is 2.24. The van der Waals surface area contributed by atoms with E-state index in [4.69, 9.17) is 4.42 Å². The van der Waals surface area contributed by atoms with Gasteiger partial charge in [0, 0.05) is 10.0 Å². The normalized spacial score (nSPS) is 10.8. The minimum absolute atomic E-state index is 0.0692. The van der Waals surface area contributed by atoms with Crippen LogP contribution in [0, 0.1) is 0 Å². The molecule has 6 heteroatoms. The molecule has 28 heavy (non-hydrogen) atoms. The van der Waals surface area contributed by atoms with Gasteiger partial charge in [0.25, 0.3) is 0 Å². The van der Waals surface area contributed by atoms with E-state index in [1.54, 1.807) is 0 Å². The van der Waals surface area contributed by atoms with Gasteiger partial charge in [0.05, 0.1) is 5.92 Å². The van der Waals surface area contributed by atoms with Gasteiger partial charge in [-0.25, -0.2) is 0 Å². The molecule has 4 aromatic rings. The van der Waals surface area contributed by atoms with Crippen LogP contribution in [0.1, 0.15) is 17.0 Å². The summed E-state index contributed by atoms with van der Waals surface area (Å²) in [5.74, 6) is -0.368. The average Bonchev–Trinajstić information content (AvgIpc) is 3.19. The smallest absolute Gasteiger partial charge is 0.322 e. The van der Waals surface area contributed by atoms with E-state index >= 15 is 0 Å². The highest BCUT2D eigenvalue weighted by Crippen LogP contribution is 2.27. The lowest BCUT2D eigenvalue weighted by Gasteiger charge is -2.16. The highest BCUT2D eigenvalue weighted by molar-refractivity contribution is 9.10. The molecule has 0 bridgehead atoms. The second kappa shape index (κ2) is 8.19. The molecule has 0 aliphatic heterocycles. The molecular weight excluding hydrogens is 418 g/mol. The molecule has 0 atom stereocenters. The van der Waals surface area contributed by atoms with Crippen LogP contribution in [0.4, 0.5) is 6.01 Å². The second-order valence-electron chi connectivity index (χ2n) is 6.16. The number of carbonyl (C=O) groups excluding carboxylic acids is 1. The quantitative estimate of drug-likeness (QED) is 0.465. The fourth-order valence-corrected chi connectivity index (χ4v) is 3.21. The van der Waals surface area contributed by atoms with Crippen molar-refractivity contribution in [1.82, 2.24) is 10.2 Å². The van der Waals surface area contributed by atoms with Crippen molar-refractivity contribution in [3.8, 4) is 11.5 Å². The first-order valence-corrected chi connectivity index (χ1v) is 9.50. The van der Waals surface area contributed by atoms with Gasteiger partial charge in [0.15, 0.2) is 0 Å². The van der Waals surface area contributed by atoms with Crippen LogP contribution < -0.4 is 5.32 Å². The maximum Gasteiger partial charge on any atom is 0.322 e. The van der Waals surface area contributed by atoms with E-state index in [2.05, 4.69) is 31.4 Å². The molecule has 1 amide bonds. The molecule has 1 N–H and O–H groups in total. The molecule has 0 saturated carbocycles. The molecule has 0 spiro atoms. The Morgan fingerprint density at radius 2 is 1.39 bits per heavy atom. The van der Waals surface area contributed by atoms with E-state index in [9.17, 15) is 4.79 Å². The molecule has 0 fully saturated rings. The van der Waals surface area contributed by atoms with Crippen molar-refractivity contribution in [1.29, 1.82) is 0 Å². The molecule has 1 heterocycles. The molecule has 0 unspecified atom stereocenters. The molecule has 0 saturated heterocycles. The van der Waals surface area contributed by atoms with Crippen LogP contribution in [-0.2, 0) is 4.79 Å². The molecule has 4 rings (SSSR count). The predicted octanol–water partition coefficient (Wildman–Crippen LogP) is 5.27. The van der Waals surface area contributed by atoms with Crippen molar-refractivity contribution in [3.05, 3.63) is 101 Å². The number of rotatable bonds is 5. The van der Waals surface area contributed by atoms with E-state index in [1.807, 2.05) is 84.9 Å². The van der Waals surface area contributed by atoms with Crippen LogP contribution in [0.15, 0.2) is 93.8 Å². The zero-order valence-corrected chi connectivity index (χ0v) is 16.3. The molecule has 0 aliphatic carbocycles. The van der Waals surface area contributed by atoms with Crippen molar-refractivity contribution < 1.29 is 9.21 Å². The lowest BCUT2D eigenvalue weighted by Crippen LogP contribution is -2.22. The Bertz CT molecular complexity index is 1020. The van der Waals surface area contributed by atoms with Gasteiger partial charge >= 0.3 is 6.01 Å². The van der Waals surface area contributed by atoms with Crippen LogP contribution in [-0.4, -0.2) is 16.1 Å². The van der Waals surface area contributed by atoms with Crippen LogP contribution in [0.3, 0.4) is 0 Å². The summed E-state index contributed by atoms with van der Waals surface area (Å²) in [5.41, 5.74) is 2.55. The van der Waals surface area contributed by atoms with Crippen LogP contribution in [0.5, 0.6) is 0 Å². The average molecular weight is 434 g/mol. The minimum atomic E-state index is -0.481. The van der Waals surface area contributed by atoms with Gasteiger partial charge in [-0.1, -0.05) is 81.7 Å². The number of benzene rings is 3. The number of carbonyl (C=O) groups is 1. The summed E-state index contributed by atoms with van der Waals surface area (Å²) < 4.78 is 6.59. The van der Waals surface area contributed by atoms with Gasteiger partial charge in [-0.05, 0) is 35.4 Å². The first-order chi connectivity index (χ1) is 13.7. The Hall–Kier alpha value is -3.25. The summed E-state index contributed by atoms with van der Waals surface area (Å²) in [6.07, 6.45) is 0. The van der Waals surface area contributed by atoms with Crippen molar-refractivity contribution in [2.75, 3.05) is 5.32 Å². The maximum atomic E-state index is 13.1. The molecule has 3 aromatic carbocycles. The van der Waals surface area contributed by atoms with Gasteiger partial charge in [0.2, 0.25) is 11.8 Å². The van der Waals surface area contributed by atoms with Crippen molar-refractivity contribution in [2.45, 2.75) is 5.92 Å². The lowest BCUT2D eigenvalue weighted by atomic mass is 9.90. The predicted molar refractivity (Wildman–Crippen MR) is 111 cm³/mol. The molecule has 1 aromatic heterocycles. The number of nitrogens with one attached hydrogen (secondary N) is 1. The van der Waals surface area contributed by atoms with Gasteiger partial charge < -0.3 is 4.42 Å². The van der Waals surface area contributed by atoms with Gasteiger partial charge in [-0.3, -0.25) is 10.1 Å². The van der Waals surface area contributed by atoms with Crippen LogP contribution in [0.2, 0.25) is 0 Å². The molecule has 5 nitrogen and oxygen atoms in total. The standard InChI is InChI=1S/C22H16BrN3O2/c23-18-13-11-17(12-14-18)21-25-26-22(28-21)24-20(27)19(15-7-3-1-4-8-15)16-9-5-2-6-10-16/h1-14,19H,(H,24,26,27). The Labute approximate surface area is 170 Å². The summed E-state index contributed by atoms with van der Waals surface area (Å²) in [5, 5.41) is 10.7. The largest absolute Gasteiger partial charge is 0.403 e. The molecule has 0 aliphatic rings. The Kier molecular flexibility index (Phi) is 5.30. The van der Waals surface area contributed by atoms with E-state index in [0.29, 0.717) is 5.89 Å². The first-order valence-electron chi connectivity index (χ1n) is 8.71. The fraction of sp³-hybridized carbons (Fsp3) is 0.0455. The summed E-state index contributed by atoms with van der Waals surface area (Å²) in [6.45, 7) is 0. The van der Waals surface area contributed by atoms with Crippen molar-refractivity contribution in [3.63, 3.8) is 0 Å². The Balaban J connectivity index is 1.59. The second-order valence-corrected chi connectivity index (χ2v) is 7.08. The monoisotopic (exact) mass is 433 g/mol. The van der Waals surface area contributed by atoms with E-state index in [1.165, 1.54) is 0 Å². The zero-order chi connectivity index (χ0) is 19.3. The summed E-state index contributed by atoms with van der Waals surface area (Å²) in [4.78, 5) is 13.1. The molecule has 0 radical (unpaired) electrons.